The zero-order valence-electron chi connectivity index (χ0n) is 15.8. The number of aromatic nitrogens is 5. The number of aromatic amines is 1. The van der Waals surface area contributed by atoms with Gasteiger partial charge in [0.15, 0.2) is 5.16 Å². The molecule has 3 aromatic rings. The lowest BCUT2D eigenvalue weighted by molar-refractivity contribution is -0.129. The Balaban J connectivity index is 1.63. The second-order valence-electron chi connectivity index (χ2n) is 6.05. The van der Waals surface area contributed by atoms with Crippen LogP contribution in [0.4, 0.5) is 0 Å². The van der Waals surface area contributed by atoms with Gasteiger partial charge in [0.1, 0.15) is 0 Å². The fraction of sp³-hybridized carbons (Fsp3) is 0.471. The monoisotopic (exact) mass is 422 g/mol. The van der Waals surface area contributed by atoms with E-state index in [1.165, 1.54) is 23.1 Å². The van der Waals surface area contributed by atoms with E-state index in [4.69, 9.17) is 4.42 Å². The third-order valence-corrected chi connectivity index (χ3v) is 5.69. The van der Waals surface area contributed by atoms with E-state index in [1.807, 2.05) is 31.4 Å². The molecule has 28 heavy (non-hydrogen) atoms. The third-order valence-electron chi connectivity index (χ3n) is 3.87. The van der Waals surface area contributed by atoms with Crippen molar-refractivity contribution in [3.8, 4) is 10.8 Å². The Bertz CT molecular complexity index is 946. The molecular weight excluding hydrogens is 400 g/mol. The third kappa shape index (κ3) is 4.90. The lowest BCUT2D eigenvalue weighted by atomic mass is 10.4. The predicted molar refractivity (Wildman–Crippen MR) is 107 cm³/mol. The zero-order valence-corrected chi connectivity index (χ0v) is 17.4. The highest BCUT2D eigenvalue weighted by Crippen LogP contribution is 2.23. The number of amides is 1. The maximum atomic E-state index is 12.7. The molecule has 0 spiro atoms. The quantitative estimate of drug-likeness (QED) is 0.500. The molecule has 0 saturated carbocycles. The van der Waals surface area contributed by atoms with Crippen molar-refractivity contribution >= 4 is 29.0 Å². The highest BCUT2D eigenvalue weighted by molar-refractivity contribution is 7.99. The molecule has 0 aliphatic heterocycles. The summed E-state index contributed by atoms with van der Waals surface area (Å²) in [5.74, 6) is 0.974. The molecule has 0 bridgehead atoms. The summed E-state index contributed by atoms with van der Waals surface area (Å²) in [6.07, 6.45) is 1.62. The lowest BCUT2D eigenvalue weighted by Crippen LogP contribution is -2.33. The molecule has 0 aliphatic carbocycles. The Hall–Kier alpha value is -2.40. The molecule has 0 fully saturated rings. The van der Waals surface area contributed by atoms with E-state index in [-0.39, 0.29) is 23.9 Å². The summed E-state index contributed by atoms with van der Waals surface area (Å²) in [7, 11) is 0. The van der Waals surface area contributed by atoms with Gasteiger partial charge in [-0.3, -0.25) is 9.36 Å². The van der Waals surface area contributed by atoms with Crippen LogP contribution in [0.2, 0.25) is 0 Å². The number of hydrogen-bond acceptors (Lipinski definition) is 8. The number of carbonyl (C=O) groups excluding carboxylic acids is 1. The molecule has 0 aliphatic rings. The van der Waals surface area contributed by atoms with E-state index in [0.29, 0.717) is 30.0 Å². The Morgan fingerprint density at radius 2 is 2.21 bits per heavy atom. The molecule has 0 radical (unpaired) electrons. The van der Waals surface area contributed by atoms with Crippen LogP contribution in [0, 0.1) is 0 Å². The highest BCUT2D eigenvalue weighted by atomic mass is 32.2. The van der Waals surface area contributed by atoms with Crippen molar-refractivity contribution in [3.05, 3.63) is 33.9 Å². The first-order valence-corrected chi connectivity index (χ1v) is 10.9. The lowest BCUT2D eigenvalue weighted by Gasteiger charge is -2.19. The Labute approximate surface area is 170 Å². The minimum atomic E-state index is -0.255. The van der Waals surface area contributed by atoms with Crippen LogP contribution in [0.15, 0.2) is 31.9 Å². The van der Waals surface area contributed by atoms with Crippen LogP contribution < -0.4 is 5.69 Å². The number of thiophene rings is 1. The molecule has 1 N–H and O–H groups in total. The number of nitrogens with one attached hydrogen (secondary N) is 1. The van der Waals surface area contributed by atoms with Crippen LogP contribution in [-0.4, -0.2) is 48.1 Å². The summed E-state index contributed by atoms with van der Waals surface area (Å²) in [5, 5.41) is 17.0. The van der Waals surface area contributed by atoms with Gasteiger partial charge in [-0.2, -0.15) is 0 Å². The summed E-state index contributed by atoms with van der Waals surface area (Å²) in [5.41, 5.74) is -0.255. The number of nitrogens with zero attached hydrogens (tertiary/aromatic N) is 5. The fourth-order valence-electron chi connectivity index (χ4n) is 2.59. The van der Waals surface area contributed by atoms with E-state index in [9.17, 15) is 9.59 Å². The summed E-state index contributed by atoms with van der Waals surface area (Å²) < 4.78 is 7.25. The van der Waals surface area contributed by atoms with E-state index in [2.05, 4.69) is 20.4 Å². The van der Waals surface area contributed by atoms with Gasteiger partial charge in [-0.05, 0) is 24.3 Å². The maximum Gasteiger partial charge on any atom is 0.343 e. The Kier molecular flexibility index (Phi) is 7.04. The molecular formula is C17H22N6O3S2. The molecule has 3 rings (SSSR count). The topological polar surface area (TPSA) is 110 Å². The minimum Gasteiger partial charge on any atom is -0.418 e. The van der Waals surface area contributed by atoms with Gasteiger partial charge in [-0.15, -0.1) is 26.6 Å². The van der Waals surface area contributed by atoms with Gasteiger partial charge in [0.2, 0.25) is 11.8 Å². The number of rotatable bonds is 10. The molecule has 3 aromatic heterocycles. The first-order chi connectivity index (χ1) is 13.6. The van der Waals surface area contributed by atoms with Gasteiger partial charge in [-0.25, -0.2) is 9.89 Å². The van der Waals surface area contributed by atoms with Gasteiger partial charge in [0, 0.05) is 13.1 Å². The molecule has 0 unspecified atom stereocenters. The fourth-order valence-corrected chi connectivity index (χ4v) is 4.11. The standard InChI is InChI=1S/C17H22N6O3S2/c1-3-7-22(10-13-18-19-15(26-13)12-6-5-9-27-12)14(24)11-28-17-21-20-16(25)23(17)8-4-2/h5-6,9H,3-4,7-8,10-11H2,1-2H3,(H,20,25). The number of thioether (sulfide) groups is 1. The van der Waals surface area contributed by atoms with Crippen molar-refractivity contribution in [1.29, 1.82) is 0 Å². The van der Waals surface area contributed by atoms with Crippen molar-refractivity contribution in [2.45, 2.75) is 44.9 Å². The van der Waals surface area contributed by atoms with Crippen molar-refractivity contribution in [2.75, 3.05) is 12.3 Å². The first kappa shape index (κ1) is 20.3. The van der Waals surface area contributed by atoms with E-state index >= 15 is 0 Å². The minimum absolute atomic E-state index is 0.0683. The molecule has 1 amide bonds. The second kappa shape index (κ2) is 9.69. The molecule has 0 aromatic carbocycles. The van der Waals surface area contributed by atoms with E-state index in [0.717, 1.165) is 17.7 Å². The van der Waals surface area contributed by atoms with Gasteiger partial charge >= 0.3 is 5.69 Å². The van der Waals surface area contributed by atoms with Gasteiger partial charge in [0.25, 0.3) is 5.89 Å². The van der Waals surface area contributed by atoms with Crippen molar-refractivity contribution in [3.63, 3.8) is 0 Å². The van der Waals surface area contributed by atoms with Crippen LogP contribution >= 0.6 is 23.1 Å². The van der Waals surface area contributed by atoms with Crippen LogP contribution in [0.3, 0.4) is 0 Å². The molecule has 0 atom stereocenters. The van der Waals surface area contributed by atoms with Crippen LogP contribution in [0.1, 0.15) is 32.6 Å². The average molecular weight is 423 g/mol. The van der Waals surface area contributed by atoms with Gasteiger partial charge in [0.05, 0.1) is 17.2 Å². The van der Waals surface area contributed by atoms with Gasteiger partial charge in [-0.1, -0.05) is 31.7 Å². The smallest absolute Gasteiger partial charge is 0.343 e. The maximum absolute atomic E-state index is 12.7. The predicted octanol–water partition coefficient (Wildman–Crippen LogP) is 2.62. The number of hydrogen-bond donors (Lipinski definition) is 1. The van der Waals surface area contributed by atoms with Crippen LogP contribution in [0.5, 0.6) is 0 Å². The van der Waals surface area contributed by atoms with E-state index in [1.54, 1.807) is 9.47 Å². The summed E-state index contributed by atoms with van der Waals surface area (Å²) in [4.78, 5) is 27.1. The van der Waals surface area contributed by atoms with Crippen molar-refractivity contribution in [2.24, 2.45) is 0 Å². The Morgan fingerprint density at radius 1 is 1.36 bits per heavy atom. The molecule has 11 heteroatoms. The van der Waals surface area contributed by atoms with Crippen molar-refractivity contribution in [1.82, 2.24) is 29.9 Å². The molecule has 0 saturated heterocycles. The van der Waals surface area contributed by atoms with Crippen LogP contribution in [0.25, 0.3) is 10.8 Å². The second-order valence-corrected chi connectivity index (χ2v) is 7.94. The molecule has 3 heterocycles. The normalized spacial score (nSPS) is 11.1. The van der Waals surface area contributed by atoms with Crippen molar-refractivity contribution < 1.29 is 9.21 Å². The van der Waals surface area contributed by atoms with Gasteiger partial charge < -0.3 is 9.32 Å². The first-order valence-electron chi connectivity index (χ1n) is 9.04. The number of carbonyl (C=O) groups is 1. The molecule has 9 nitrogen and oxygen atoms in total. The molecule has 150 valence electrons. The zero-order chi connectivity index (χ0) is 19.9. The van der Waals surface area contributed by atoms with E-state index < -0.39 is 0 Å². The average Bonchev–Trinajstić information content (AvgIpc) is 3.42. The van der Waals surface area contributed by atoms with Crippen LogP contribution in [-0.2, 0) is 17.9 Å². The summed E-state index contributed by atoms with van der Waals surface area (Å²) in [6, 6.07) is 3.83. The summed E-state index contributed by atoms with van der Waals surface area (Å²) >= 11 is 2.77. The Morgan fingerprint density at radius 3 is 2.93 bits per heavy atom. The summed E-state index contributed by atoms with van der Waals surface area (Å²) in [6.45, 7) is 5.40. The number of H-pyrrole nitrogens is 1. The largest absolute Gasteiger partial charge is 0.418 e. The SMILES string of the molecule is CCCN(Cc1nnc(-c2cccs2)o1)C(=O)CSc1n[nH]c(=O)n1CCC. The highest BCUT2D eigenvalue weighted by Gasteiger charge is 2.19.